The summed E-state index contributed by atoms with van der Waals surface area (Å²) >= 11 is 0. The standard InChI is InChI=1S/C47H51N3O13S3/c1-46(2)39(48(26-10-6-9-15-43(53)63-50-41(51)24-25-42(50)52)37-22-16-31-29-33(65(57,58)59)18-20-35(31)44(37)46)13-7-5-8-14-40-47(3,4)45-36-21-19-34(66(60,61)62)30-32(36)17-23-38(45)49(40)27-11-12-28-64(54,55)56/h5,7-8,13-14,16-23,29-30H,6,9-12,15,24-28H2,1-4H3,(H2-,54,55,56,57,58,59,60,61,62)/p+1. The molecule has 4 aromatic rings. The van der Waals surface area contributed by atoms with Crippen molar-refractivity contribution in [3.05, 3.63) is 108 Å². The lowest BCUT2D eigenvalue weighted by atomic mass is 9.79. The first kappa shape index (κ1) is 48.4. The molecule has 19 heteroatoms. The zero-order chi connectivity index (χ0) is 48.0. The van der Waals surface area contributed by atoms with Crippen molar-refractivity contribution < 1.29 is 62.7 Å². The predicted molar refractivity (Wildman–Crippen MR) is 248 cm³/mol. The number of carbonyl (C=O) groups is 3. The van der Waals surface area contributed by atoms with E-state index in [1.54, 1.807) is 18.2 Å². The Morgan fingerprint density at radius 2 is 1.32 bits per heavy atom. The molecule has 0 bridgehead atoms. The average molecular weight is 963 g/mol. The molecule has 66 heavy (non-hydrogen) atoms. The minimum Gasteiger partial charge on any atom is -0.344 e. The molecule has 0 spiro atoms. The Hall–Kier alpha value is -5.57. The fourth-order valence-electron chi connectivity index (χ4n) is 9.38. The summed E-state index contributed by atoms with van der Waals surface area (Å²) in [4.78, 5) is 42.9. The first-order valence-electron chi connectivity index (χ1n) is 21.5. The van der Waals surface area contributed by atoms with Gasteiger partial charge in [-0.25, -0.2) is 4.79 Å². The van der Waals surface area contributed by atoms with E-state index in [0.29, 0.717) is 54.6 Å². The van der Waals surface area contributed by atoms with Crippen molar-refractivity contribution in [1.29, 1.82) is 0 Å². The Balaban J connectivity index is 1.18. The van der Waals surface area contributed by atoms with E-state index in [1.807, 2.05) is 62.4 Å². The molecule has 3 aliphatic heterocycles. The molecule has 1 saturated heterocycles. The van der Waals surface area contributed by atoms with Gasteiger partial charge in [0.05, 0.1) is 21.0 Å². The van der Waals surface area contributed by atoms with Crippen molar-refractivity contribution in [2.75, 3.05) is 23.7 Å². The third kappa shape index (κ3) is 9.91. The molecule has 3 heterocycles. The van der Waals surface area contributed by atoms with Crippen LogP contribution in [-0.4, -0.2) is 90.9 Å². The smallest absolute Gasteiger partial charge is 0.333 e. The summed E-state index contributed by atoms with van der Waals surface area (Å²) in [5.41, 5.74) is 4.26. The van der Waals surface area contributed by atoms with Gasteiger partial charge in [0.15, 0.2) is 5.71 Å². The van der Waals surface area contributed by atoms with Crippen molar-refractivity contribution in [2.24, 2.45) is 0 Å². The second-order valence-electron chi connectivity index (χ2n) is 17.7. The maximum absolute atomic E-state index is 12.5. The molecular weight excluding hydrogens is 911 g/mol. The molecule has 1 fully saturated rings. The average Bonchev–Trinajstić information content (AvgIpc) is 3.75. The van der Waals surface area contributed by atoms with Crippen LogP contribution in [0.2, 0.25) is 0 Å². The highest BCUT2D eigenvalue weighted by molar-refractivity contribution is 7.86. The van der Waals surface area contributed by atoms with E-state index >= 15 is 0 Å². The van der Waals surface area contributed by atoms with E-state index < -0.39 is 59.0 Å². The van der Waals surface area contributed by atoms with Gasteiger partial charge in [-0.1, -0.05) is 50.3 Å². The molecule has 0 aliphatic carbocycles. The van der Waals surface area contributed by atoms with Crippen LogP contribution in [-0.2, 0) is 60.4 Å². The van der Waals surface area contributed by atoms with Crippen molar-refractivity contribution in [2.45, 2.75) is 99.7 Å². The zero-order valence-electron chi connectivity index (χ0n) is 36.9. The molecule has 3 aliphatic rings. The van der Waals surface area contributed by atoms with E-state index in [4.69, 9.17) is 4.84 Å². The van der Waals surface area contributed by atoms with Crippen LogP contribution >= 0.6 is 0 Å². The maximum Gasteiger partial charge on any atom is 0.333 e. The molecule has 0 aromatic heterocycles. The van der Waals surface area contributed by atoms with Crippen LogP contribution in [0.4, 0.5) is 11.4 Å². The molecule has 2 amide bonds. The number of hydrogen-bond donors (Lipinski definition) is 3. The Labute approximate surface area is 384 Å². The lowest BCUT2D eigenvalue weighted by Crippen LogP contribution is -2.31. The number of unbranched alkanes of at least 4 members (excludes halogenated alkanes) is 3. The van der Waals surface area contributed by atoms with E-state index in [2.05, 4.69) is 23.3 Å². The number of hydrogen-bond acceptors (Lipinski definition) is 11. The first-order chi connectivity index (χ1) is 30.9. The molecule has 0 radical (unpaired) electrons. The second kappa shape index (κ2) is 18.3. The highest BCUT2D eigenvalue weighted by Crippen LogP contribution is 2.51. The van der Waals surface area contributed by atoms with Gasteiger partial charge in [-0.3, -0.25) is 23.2 Å². The van der Waals surface area contributed by atoms with E-state index in [0.717, 1.165) is 44.7 Å². The van der Waals surface area contributed by atoms with Gasteiger partial charge >= 0.3 is 5.97 Å². The topological polar surface area (TPSA) is 233 Å². The summed E-state index contributed by atoms with van der Waals surface area (Å²) in [6.45, 7) is 9.22. The minimum atomic E-state index is -4.44. The van der Waals surface area contributed by atoms with E-state index in [9.17, 15) is 53.3 Å². The minimum absolute atomic E-state index is 0.0111. The quantitative estimate of drug-likeness (QED) is 0.0306. The maximum atomic E-state index is 12.5. The van der Waals surface area contributed by atoms with Crippen LogP contribution < -0.4 is 4.90 Å². The number of fused-ring (bicyclic) bond motifs is 6. The van der Waals surface area contributed by atoms with Gasteiger partial charge in [-0.15, -0.1) is 5.06 Å². The van der Waals surface area contributed by atoms with Crippen LogP contribution in [0.3, 0.4) is 0 Å². The van der Waals surface area contributed by atoms with Gasteiger partial charge in [-0.2, -0.15) is 29.8 Å². The van der Waals surface area contributed by atoms with Crippen LogP contribution in [0.25, 0.3) is 21.5 Å². The SMILES string of the molecule is CC1(C)C(=CC=CC=CC2=[N+](CCCCCC(=O)ON3C(=O)CCC3=O)c3ccc4cc(S(=O)(=O)O)ccc4c3C2(C)C)N(CCCCS(=O)(=O)O)c2ccc3cc(S(=O)(=O)O)ccc3c21. The number of imide groups is 1. The van der Waals surface area contributed by atoms with Crippen LogP contribution in [0.15, 0.2) is 107 Å². The monoisotopic (exact) mass is 962 g/mol. The number of allylic oxidation sites excluding steroid dienone is 6. The predicted octanol–water partition coefficient (Wildman–Crippen LogP) is 7.49. The highest BCUT2D eigenvalue weighted by Gasteiger charge is 2.46. The van der Waals surface area contributed by atoms with Gasteiger partial charge in [0, 0.05) is 66.7 Å². The van der Waals surface area contributed by atoms with Crippen molar-refractivity contribution in [3.63, 3.8) is 0 Å². The first-order valence-corrected chi connectivity index (χ1v) is 26.0. The number of nitrogens with zero attached hydrogens (tertiary/aromatic N) is 3. The van der Waals surface area contributed by atoms with Gasteiger partial charge in [0.2, 0.25) is 5.69 Å². The molecule has 350 valence electrons. The lowest BCUT2D eigenvalue weighted by molar-refractivity contribution is -0.438. The molecular formula is C47H52N3O13S3+. The van der Waals surface area contributed by atoms with E-state index in [-0.39, 0.29) is 41.2 Å². The fourth-order valence-corrected chi connectivity index (χ4v) is 11.0. The van der Waals surface area contributed by atoms with Crippen LogP contribution in [0, 0.1) is 0 Å². The Morgan fingerprint density at radius 1 is 0.712 bits per heavy atom. The molecule has 16 nitrogen and oxygen atoms in total. The lowest BCUT2D eigenvalue weighted by Gasteiger charge is -2.27. The van der Waals surface area contributed by atoms with Crippen LogP contribution in [0.1, 0.15) is 90.2 Å². The molecule has 0 unspecified atom stereocenters. The Morgan fingerprint density at radius 3 is 1.92 bits per heavy atom. The molecule has 3 N–H and O–H groups in total. The van der Waals surface area contributed by atoms with Crippen molar-refractivity contribution >= 4 is 86.8 Å². The Bertz CT molecular complexity index is 3130. The summed E-state index contributed by atoms with van der Waals surface area (Å²) in [6.07, 6.45) is 12.1. The van der Waals surface area contributed by atoms with Gasteiger partial charge in [0.1, 0.15) is 6.54 Å². The van der Waals surface area contributed by atoms with Gasteiger partial charge in [0.25, 0.3) is 42.2 Å². The fraction of sp³-hybridized carbons (Fsp3) is 0.362. The summed E-state index contributed by atoms with van der Waals surface area (Å²) in [5.74, 6) is -2.12. The third-order valence-corrected chi connectivity index (χ3v) is 15.0. The number of hydroxylamine groups is 2. The van der Waals surface area contributed by atoms with Crippen molar-refractivity contribution in [3.8, 4) is 0 Å². The molecule has 0 saturated carbocycles. The normalized spacial score (nSPS) is 18.0. The second-order valence-corrected chi connectivity index (χ2v) is 22.1. The van der Waals surface area contributed by atoms with E-state index in [1.165, 1.54) is 24.3 Å². The zero-order valence-corrected chi connectivity index (χ0v) is 39.4. The summed E-state index contributed by atoms with van der Waals surface area (Å²) in [5, 5.41) is 3.40. The third-order valence-electron chi connectivity index (χ3n) is 12.5. The number of carbonyl (C=O) groups excluding carboxylic acids is 3. The molecule has 0 atom stereocenters. The summed E-state index contributed by atoms with van der Waals surface area (Å²) < 4.78 is 102. The summed E-state index contributed by atoms with van der Waals surface area (Å²) in [7, 11) is -13.0. The highest BCUT2D eigenvalue weighted by atomic mass is 32.2. The number of benzene rings is 4. The summed E-state index contributed by atoms with van der Waals surface area (Å²) in [6, 6.07) is 16.4. The number of anilines is 1. The number of amides is 2. The number of rotatable bonds is 17. The van der Waals surface area contributed by atoms with Crippen LogP contribution in [0.5, 0.6) is 0 Å². The Kier molecular flexibility index (Phi) is 13.4. The van der Waals surface area contributed by atoms with Gasteiger partial charge in [-0.05, 0) is 109 Å². The van der Waals surface area contributed by atoms with Crippen molar-refractivity contribution in [1.82, 2.24) is 5.06 Å². The van der Waals surface area contributed by atoms with Gasteiger partial charge < -0.3 is 9.74 Å². The molecule has 7 rings (SSSR count). The largest absolute Gasteiger partial charge is 0.344 e. The molecule has 4 aromatic carbocycles.